The predicted octanol–water partition coefficient (Wildman–Crippen LogP) is 6.27. The van der Waals surface area contributed by atoms with Gasteiger partial charge in [0.15, 0.2) is 0 Å². The van der Waals surface area contributed by atoms with E-state index in [2.05, 4.69) is 36.1 Å². The molecule has 4 heteroatoms. The van der Waals surface area contributed by atoms with E-state index in [0.29, 0.717) is 6.04 Å². The van der Waals surface area contributed by atoms with E-state index in [1.54, 1.807) is 4.90 Å². The van der Waals surface area contributed by atoms with Crippen molar-refractivity contribution in [2.24, 2.45) is 0 Å². The second-order valence-corrected chi connectivity index (χ2v) is 8.11. The van der Waals surface area contributed by atoms with Crippen molar-refractivity contribution in [3.8, 4) is 0 Å². The van der Waals surface area contributed by atoms with Gasteiger partial charge in [-0.05, 0) is 52.7 Å². The zero-order valence-electron chi connectivity index (χ0n) is 19.1. The van der Waals surface area contributed by atoms with Crippen LogP contribution < -0.4 is 4.90 Å². The van der Waals surface area contributed by atoms with Gasteiger partial charge in [-0.15, -0.1) is 0 Å². The van der Waals surface area contributed by atoms with E-state index >= 15 is 0 Å². The molecule has 4 nitrogen and oxygen atoms in total. The molecule has 0 spiro atoms. The molecular weight excluding hydrogens is 336 g/mol. The maximum atomic E-state index is 11.8. The first-order valence-electron chi connectivity index (χ1n) is 10.3. The second-order valence-electron chi connectivity index (χ2n) is 8.11. The standard InChI is InChI=1S/C12H23NO2.C9H13N.C2H6/c1-12(2,3)15-11(14)13(4)10-8-6-5-7-9-10;1-8-4-6-9(7-5-8)10(2)3;1-2/h10H,5-9H2,1-4H3;4-7H,1-3H3;1-2H3. The average Bonchev–Trinajstić information content (AvgIpc) is 2.63. The van der Waals surface area contributed by atoms with Crippen LogP contribution in [-0.4, -0.2) is 43.8 Å². The number of amides is 1. The number of nitrogens with zero attached hydrogens (tertiary/aromatic N) is 2. The van der Waals surface area contributed by atoms with E-state index in [9.17, 15) is 4.79 Å². The van der Waals surface area contributed by atoms with Crippen molar-refractivity contribution in [3.63, 3.8) is 0 Å². The molecule has 27 heavy (non-hydrogen) atoms. The molecule has 0 aromatic heterocycles. The number of anilines is 1. The smallest absolute Gasteiger partial charge is 0.410 e. The van der Waals surface area contributed by atoms with Crippen LogP contribution in [0.25, 0.3) is 0 Å². The molecule has 1 aromatic carbocycles. The highest BCUT2D eigenvalue weighted by Gasteiger charge is 2.26. The van der Waals surface area contributed by atoms with Gasteiger partial charge in [-0.1, -0.05) is 50.8 Å². The summed E-state index contributed by atoms with van der Waals surface area (Å²) in [5, 5.41) is 0. The lowest BCUT2D eigenvalue weighted by molar-refractivity contribution is 0.0189. The van der Waals surface area contributed by atoms with Gasteiger partial charge in [0.1, 0.15) is 5.60 Å². The number of ether oxygens (including phenoxy) is 1. The van der Waals surface area contributed by atoms with Crippen molar-refractivity contribution in [3.05, 3.63) is 29.8 Å². The highest BCUT2D eigenvalue weighted by molar-refractivity contribution is 5.68. The van der Waals surface area contributed by atoms with Crippen molar-refractivity contribution in [2.45, 2.75) is 85.3 Å². The zero-order valence-corrected chi connectivity index (χ0v) is 19.1. The Morgan fingerprint density at radius 3 is 1.85 bits per heavy atom. The fraction of sp³-hybridized carbons (Fsp3) is 0.696. The van der Waals surface area contributed by atoms with Crippen LogP contribution in [-0.2, 0) is 4.74 Å². The molecule has 0 saturated heterocycles. The van der Waals surface area contributed by atoms with Crippen molar-refractivity contribution in [1.82, 2.24) is 4.90 Å². The molecule has 1 aliphatic carbocycles. The maximum Gasteiger partial charge on any atom is 0.410 e. The van der Waals surface area contributed by atoms with Crippen LogP contribution in [0.2, 0.25) is 0 Å². The number of aryl methyl sites for hydroxylation is 1. The SMILES string of the molecule is CC.CN(C(=O)OC(C)(C)C)C1CCCCC1.Cc1ccc(N(C)C)cc1. The summed E-state index contributed by atoms with van der Waals surface area (Å²) in [5.41, 5.74) is 2.18. The molecule has 1 fully saturated rings. The monoisotopic (exact) mass is 378 g/mol. The first kappa shape index (κ1) is 25.3. The molecule has 0 heterocycles. The lowest BCUT2D eigenvalue weighted by Crippen LogP contribution is -2.41. The topological polar surface area (TPSA) is 32.8 Å². The molecule has 0 atom stereocenters. The lowest BCUT2D eigenvalue weighted by Gasteiger charge is -2.32. The van der Waals surface area contributed by atoms with Crippen LogP contribution in [0.15, 0.2) is 24.3 Å². The van der Waals surface area contributed by atoms with E-state index < -0.39 is 0 Å². The number of carbonyl (C=O) groups is 1. The molecule has 156 valence electrons. The van der Waals surface area contributed by atoms with Gasteiger partial charge >= 0.3 is 6.09 Å². The number of hydrogen-bond donors (Lipinski definition) is 0. The molecule has 0 aliphatic heterocycles. The number of hydrogen-bond acceptors (Lipinski definition) is 3. The van der Waals surface area contributed by atoms with Crippen molar-refractivity contribution in [2.75, 3.05) is 26.0 Å². The summed E-state index contributed by atoms with van der Waals surface area (Å²) in [7, 11) is 5.94. The third kappa shape index (κ3) is 10.9. The predicted molar refractivity (Wildman–Crippen MR) is 118 cm³/mol. The summed E-state index contributed by atoms with van der Waals surface area (Å²) in [4.78, 5) is 15.6. The molecule has 0 unspecified atom stereocenters. The molecule has 0 radical (unpaired) electrons. The zero-order chi connectivity index (χ0) is 21.0. The third-order valence-electron chi connectivity index (χ3n) is 4.35. The normalized spacial score (nSPS) is 14.1. The van der Waals surface area contributed by atoms with Crippen LogP contribution in [0.4, 0.5) is 10.5 Å². The average molecular weight is 379 g/mol. The summed E-state index contributed by atoms with van der Waals surface area (Å²) < 4.78 is 5.34. The van der Waals surface area contributed by atoms with Gasteiger partial charge in [-0.25, -0.2) is 4.79 Å². The molecule has 1 amide bonds. The van der Waals surface area contributed by atoms with Gasteiger partial charge in [0.25, 0.3) is 0 Å². The lowest BCUT2D eigenvalue weighted by atomic mass is 9.95. The van der Waals surface area contributed by atoms with Crippen LogP contribution in [0.3, 0.4) is 0 Å². The minimum Gasteiger partial charge on any atom is -0.444 e. The molecule has 0 N–H and O–H groups in total. The van der Waals surface area contributed by atoms with E-state index in [-0.39, 0.29) is 11.7 Å². The van der Waals surface area contributed by atoms with Gasteiger partial charge in [0.2, 0.25) is 0 Å². The van der Waals surface area contributed by atoms with Gasteiger partial charge in [0, 0.05) is 32.9 Å². The number of rotatable bonds is 2. The van der Waals surface area contributed by atoms with Crippen LogP contribution in [0.1, 0.15) is 72.3 Å². The summed E-state index contributed by atoms with van der Waals surface area (Å²) in [6, 6.07) is 8.86. The van der Waals surface area contributed by atoms with Gasteiger partial charge in [0.05, 0.1) is 0 Å². The molecule has 0 bridgehead atoms. The highest BCUT2D eigenvalue weighted by atomic mass is 16.6. The Kier molecular flexibility index (Phi) is 11.8. The molecule has 1 aromatic rings. The largest absolute Gasteiger partial charge is 0.444 e. The fourth-order valence-electron chi connectivity index (χ4n) is 2.79. The molecule has 1 aliphatic rings. The maximum absolute atomic E-state index is 11.8. The van der Waals surface area contributed by atoms with E-state index in [1.165, 1.54) is 30.5 Å². The van der Waals surface area contributed by atoms with Crippen LogP contribution >= 0.6 is 0 Å². The molecule has 1 saturated carbocycles. The number of benzene rings is 1. The minimum absolute atomic E-state index is 0.186. The Morgan fingerprint density at radius 2 is 1.44 bits per heavy atom. The van der Waals surface area contributed by atoms with E-state index in [0.717, 1.165) is 12.8 Å². The van der Waals surface area contributed by atoms with E-state index in [1.807, 2.05) is 55.8 Å². The van der Waals surface area contributed by atoms with Crippen molar-refractivity contribution < 1.29 is 9.53 Å². The van der Waals surface area contributed by atoms with Gasteiger partial charge in [-0.3, -0.25) is 0 Å². The summed E-state index contributed by atoms with van der Waals surface area (Å²) in [6.07, 6.45) is 5.83. The molecular formula is C23H42N2O2. The van der Waals surface area contributed by atoms with Gasteiger partial charge in [-0.2, -0.15) is 0 Å². The highest BCUT2D eigenvalue weighted by Crippen LogP contribution is 2.23. The summed E-state index contributed by atoms with van der Waals surface area (Å²) >= 11 is 0. The Morgan fingerprint density at radius 1 is 0.963 bits per heavy atom. The fourth-order valence-corrected chi connectivity index (χ4v) is 2.79. The first-order valence-corrected chi connectivity index (χ1v) is 10.3. The third-order valence-corrected chi connectivity index (χ3v) is 4.35. The molecule has 2 rings (SSSR count). The van der Waals surface area contributed by atoms with Crippen LogP contribution in [0, 0.1) is 6.92 Å². The van der Waals surface area contributed by atoms with E-state index in [4.69, 9.17) is 4.74 Å². The van der Waals surface area contributed by atoms with Crippen LogP contribution in [0.5, 0.6) is 0 Å². The Bertz CT molecular complexity index is 512. The summed E-state index contributed by atoms with van der Waals surface area (Å²) in [5.74, 6) is 0. The Hall–Kier alpha value is -1.71. The number of carbonyl (C=O) groups excluding carboxylic acids is 1. The van der Waals surface area contributed by atoms with Crippen molar-refractivity contribution in [1.29, 1.82) is 0 Å². The summed E-state index contributed by atoms with van der Waals surface area (Å²) in [6.45, 7) is 11.8. The van der Waals surface area contributed by atoms with Gasteiger partial charge < -0.3 is 14.5 Å². The second kappa shape index (κ2) is 12.6. The Balaban J connectivity index is 0.000000488. The Labute approximate surface area is 167 Å². The first-order chi connectivity index (χ1) is 12.6. The quantitative estimate of drug-likeness (QED) is 0.607. The minimum atomic E-state index is -0.389. The van der Waals surface area contributed by atoms with Crippen molar-refractivity contribution >= 4 is 11.8 Å².